The SMILES string of the molecule is COC(=O)c1sc(NCCCn2ccnc2)c(OC)c1N. The number of aryl methyl sites for hydroxylation is 1. The van der Waals surface area contributed by atoms with Crippen molar-refractivity contribution in [2.45, 2.75) is 13.0 Å². The van der Waals surface area contributed by atoms with Gasteiger partial charge in [0.15, 0.2) is 5.75 Å². The Bertz CT molecular complexity index is 595. The van der Waals surface area contributed by atoms with Crippen LogP contribution in [0.25, 0.3) is 0 Å². The van der Waals surface area contributed by atoms with Gasteiger partial charge in [0, 0.05) is 25.5 Å². The Kier molecular flexibility index (Phi) is 5.04. The average molecular weight is 310 g/mol. The number of aromatic nitrogens is 2. The van der Waals surface area contributed by atoms with Gasteiger partial charge < -0.3 is 25.1 Å². The summed E-state index contributed by atoms with van der Waals surface area (Å²) in [6.45, 7) is 1.59. The number of nitrogens with one attached hydrogen (secondary N) is 1. The van der Waals surface area contributed by atoms with Crippen LogP contribution in [0.3, 0.4) is 0 Å². The minimum atomic E-state index is -0.456. The lowest BCUT2D eigenvalue weighted by atomic mass is 10.3. The van der Waals surface area contributed by atoms with E-state index in [2.05, 4.69) is 10.3 Å². The van der Waals surface area contributed by atoms with Crippen molar-refractivity contribution in [2.24, 2.45) is 0 Å². The van der Waals surface area contributed by atoms with E-state index in [4.69, 9.17) is 15.2 Å². The van der Waals surface area contributed by atoms with Crippen LogP contribution in [0.4, 0.5) is 10.7 Å². The van der Waals surface area contributed by atoms with Crippen LogP contribution in [0.5, 0.6) is 5.75 Å². The van der Waals surface area contributed by atoms with Crippen molar-refractivity contribution in [3.8, 4) is 5.75 Å². The molecule has 0 radical (unpaired) electrons. The number of hydrogen-bond donors (Lipinski definition) is 2. The number of nitrogens with two attached hydrogens (primary N) is 1. The molecule has 7 nitrogen and oxygen atoms in total. The van der Waals surface area contributed by atoms with Crippen molar-refractivity contribution in [1.29, 1.82) is 0 Å². The third kappa shape index (κ3) is 3.46. The van der Waals surface area contributed by atoms with E-state index in [1.54, 1.807) is 12.5 Å². The summed E-state index contributed by atoms with van der Waals surface area (Å²) in [6, 6.07) is 0. The predicted octanol–water partition coefficient (Wildman–Crippen LogP) is 1.82. The second kappa shape index (κ2) is 6.98. The second-order valence-electron chi connectivity index (χ2n) is 4.28. The highest BCUT2D eigenvalue weighted by atomic mass is 32.1. The fraction of sp³-hybridized carbons (Fsp3) is 0.385. The van der Waals surface area contributed by atoms with E-state index in [0.29, 0.717) is 16.3 Å². The third-order valence-corrected chi connectivity index (χ3v) is 4.04. The van der Waals surface area contributed by atoms with Gasteiger partial charge in [0.2, 0.25) is 0 Å². The number of hydrogen-bond acceptors (Lipinski definition) is 7. The molecule has 0 unspecified atom stereocenters. The van der Waals surface area contributed by atoms with Crippen LogP contribution in [0.2, 0.25) is 0 Å². The Hall–Kier alpha value is -2.22. The molecular formula is C13H18N4O3S. The van der Waals surface area contributed by atoms with Gasteiger partial charge in [0.05, 0.1) is 20.5 Å². The van der Waals surface area contributed by atoms with Crippen LogP contribution in [-0.4, -0.2) is 36.3 Å². The highest BCUT2D eigenvalue weighted by molar-refractivity contribution is 7.19. The van der Waals surface area contributed by atoms with Gasteiger partial charge >= 0.3 is 5.97 Å². The smallest absolute Gasteiger partial charge is 0.350 e. The summed E-state index contributed by atoms with van der Waals surface area (Å²) in [5.41, 5.74) is 6.22. The Morgan fingerprint density at radius 1 is 1.52 bits per heavy atom. The quantitative estimate of drug-likeness (QED) is 0.599. The molecule has 0 aliphatic carbocycles. The summed E-state index contributed by atoms with van der Waals surface area (Å²) in [5, 5.41) is 3.98. The van der Waals surface area contributed by atoms with Crippen molar-refractivity contribution in [1.82, 2.24) is 9.55 Å². The standard InChI is InChI=1S/C13H18N4O3S/c1-19-10-9(14)11(13(18)20-2)21-12(10)16-4-3-6-17-7-5-15-8-17/h5,7-8,16H,3-4,6,14H2,1-2H3. The Balaban J connectivity index is 1.97. The van der Waals surface area contributed by atoms with Crippen LogP contribution in [-0.2, 0) is 11.3 Å². The number of esters is 1. The number of carbonyl (C=O) groups excluding carboxylic acids is 1. The summed E-state index contributed by atoms with van der Waals surface area (Å²) < 4.78 is 12.0. The molecule has 0 atom stereocenters. The monoisotopic (exact) mass is 310 g/mol. The van der Waals surface area contributed by atoms with Crippen LogP contribution in [0.15, 0.2) is 18.7 Å². The Morgan fingerprint density at radius 3 is 2.95 bits per heavy atom. The molecule has 0 saturated heterocycles. The molecule has 2 heterocycles. The molecule has 114 valence electrons. The summed E-state index contributed by atoms with van der Waals surface area (Å²) in [4.78, 5) is 16.0. The molecule has 0 bridgehead atoms. The zero-order valence-corrected chi connectivity index (χ0v) is 12.8. The Labute approximate surface area is 126 Å². The summed E-state index contributed by atoms with van der Waals surface area (Å²) in [7, 11) is 2.85. The topological polar surface area (TPSA) is 91.4 Å². The molecule has 0 aliphatic rings. The maximum Gasteiger partial charge on any atom is 0.350 e. The molecule has 2 aromatic heterocycles. The lowest BCUT2D eigenvalue weighted by Gasteiger charge is -2.07. The van der Waals surface area contributed by atoms with Gasteiger partial charge in [-0.05, 0) is 6.42 Å². The minimum Gasteiger partial charge on any atom is -0.492 e. The molecule has 0 spiro atoms. The van der Waals surface area contributed by atoms with Crippen LogP contribution < -0.4 is 15.8 Å². The van der Waals surface area contributed by atoms with Gasteiger partial charge in [-0.1, -0.05) is 0 Å². The van der Waals surface area contributed by atoms with Gasteiger partial charge in [0.25, 0.3) is 0 Å². The first-order valence-electron chi connectivity index (χ1n) is 6.41. The third-order valence-electron chi connectivity index (χ3n) is 2.91. The fourth-order valence-corrected chi connectivity index (χ4v) is 2.91. The molecule has 0 saturated carbocycles. The van der Waals surface area contributed by atoms with Crippen molar-refractivity contribution in [3.05, 3.63) is 23.6 Å². The summed E-state index contributed by atoms with van der Waals surface area (Å²) in [6.07, 6.45) is 6.35. The summed E-state index contributed by atoms with van der Waals surface area (Å²) in [5.74, 6) is 0.0327. The molecule has 0 aromatic carbocycles. The van der Waals surface area contributed by atoms with E-state index in [0.717, 1.165) is 24.5 Å². The molecule has 8 heteroatoms. The first-order chi connectivity index (χ1) is 10.2. The Morgan fingerprint density at radius 2 is 2.33 bits per heavy atom. The van der Waals surface area contributed by atoms with Gasteiger partial charge in [-0.15, -0.1) is 11.3 Å². The first kappa shape index (κ1) is 15.2. The van der Waals surface area contributed by atoms with Crippen LogP contribution in [0.1, 0.15) is 16.1 Å². The maximum absolute atomic E-state index is 11.6. The summed E-state index contributed by atoms with van der Waals surface area (Å²) >= 11 is 1.24. The number of carbonyl (C=O) groups is 1. The predicted molar refractivity (Wildman–Crippen MR) is 82.0 cm³/mol. The van der Waals surface area contributed by atoms with Crippen LogP contribution >= 0.6 is 11.3 Å². The van der Waals surface area contributed by atoms with Crippen molar-refractivity contribution < 1.29 is 14.3 Å². The molecule has 0 fully saturated rings. The number of imidazole rings is 1. The normalized spacial score (nSPS) is 10.4. The first-order valence-corrected chi connectivity index (χ1v) is 7.23. The van der Waals surface area contributed by atoms with Crippen molar-refractivity contribution in [2.75, 3.05) is 31.8 Å². The van der Waals surface area contributed by atoms with E-state index < -0.39 is 5.97 Å². The number of nitrogen functional groups attached to an aromatic ring is 1. The van der Waals surface area contributed by atoms with Crippen molar-refractivity contribution >= 4 is 28.0 Å². The highest BCUT2D eigenvalue weighted by Crippen LogP contribution is 2.42. The largest absolute Gasteiger partial charge is 0.492 e. The molecule has 3 N–H and O–H groups in total. The zero-order valence-electron chi connectivity index (χ0n) is 12.0. The molecular weight excluding hydrogens is 292 g/mol. The van der Waals surface area contributed by atoms with E-state index >= 15 is 0 Å². The number of anilines is 2. The van der Waals surface area contributed by atoms with Gasteiger partial charge in [-0.2, -0.15) is 0 Å². The fourth-order valence-electron chi connectivity index (χ4n) is 1.87. The number of nitrogens with zero attached hydrogens (tertiary/aromatic N) is 2. The number of thiophene rings is 1. The van der Waals surface area contributed by atoms with E-state index in [1.807, 2.05) is 10.8 Å². The molecule has 0 aliphatic heterocycles. The maximum atomic E-state index is 11.6. The van der Waals surface area contributed by atoms with E-state index in [1.165, 1.54) is 25.6 Å². The van der Waals surface area contributed by atoms with E-state index in [9.17, 15) is 4.79 Å². The second-order valence-corrected chi connectivity index (χ2v) is 5.30. The highest BCUT2D eigenvalue weighted by Gasteiger charge is 2.22. The molecule has 2 aromatic rings. The van der Waals surface area contributed by atoms with Crippen molar-refractivity contribution in [3.63, 3.8) is 0 Å². The average Bonchev–Trinajstić information content (AvgIpc) is 3.10. The lowest BCUT2D eigenvalue weighted by Crippen LogP contribution is -2.05. The number of ether oxygens (including phenoxy) is 2. The number of rotatable bonds is 7. The van der Waals surface area contributed by atoms with Gasteiger partial charge in [-0.3, -0.25) is 0 Å². The van der Waals surface area contributed by atoms with Gasteiger partial charge in [0.1, 0.15) is 15.6 Å². The molecule has 0 amide bonds. The van der Waals surface area contributed by atoms with Gasteiger partial charge in [-0.25, -0.2) is 9.78 Å². The minimum absolute atomic E-state index is 0.312. The number of methoxy groups -OCH3 is 2. The lowest BCUT2D eigenvalue weighted by molar-refractivity contribution is 0.0607. The molecule has 2 rings (SSSR count). The van der Waals surface area contributed by atoms with Crippen LogP contribution in [0, 0.1) is 0 Å². The zero-order chi connectivity index (χ0) is 15.2. The van der Waals surface area contributed by atoms with E-state index in [-0.39, 0.29) is 0 Å². The molecule has 21 heavy (non-hydrogen) atoms.